The quantitative estimate of drug-likeness (QED) is 0.602. The third-order valence-corrected chi connectivity index (χ3v) is 2.60. The van der Waals surface area contributed by atoms with E-state index in [-0.39, 0.29) is 5.91 Å². The normalized spacial score (nSPS) is 10.3. The number of carbonyl (C=O) groups is 1. The minimum Gasteiger partial charge on any atom is -0.285 e. The summed E-state index contributed by atoms with van der Waals surface area (Å²) >= 11 is 0. The zero-order valence-electron chi connectivity index (χ0n) is 10.6. The van der Waals surface area contributed by atoms with Gasteiger partial charge < -0.3 is 0 Å². The second-order valence-electron chi connectivity index (χ2n) is 3.88. The molecule has 0 aromatic heterocycles. The lowest BCUT2D eigenvalue weighted by Crippen LogP contribution is -2.42. The number of amides is 1. The summed E-state index contributed by atoms with van der Waals surface area (Å²) in [5.41, 5.74) is 4.52. The molecule has 1 aromatic rings. The maximum atomic E-state index is 11.8. The molecular weight excluding hydrogens is 212 g/mol. The Morgan fingerprint density at radius 2 is 1.82 bits per heavy atom. The highest BCUT2D eigenvalue weighted by molar-refractivity contribution is 5.92. The number of benzene rings is 1. The summed E-state index contributed by atoms with van der Waals surface area (Å²) < 4.78 is 0. The van der Waals surface area contributed by atoms with Crippen molar-refractivity contribution in [2.45, 2.75) is 20.3 Å². The molecule has 0 radical (unpaired) electrons. The third kappa shape index (κ3) is 4.41. The van der Waals surface area contributed by atoms with E-state index in [0.29, 0.717) is 12.0 Å². The predicted molar refractivity (Wildman–Crippen MR) is 70.3 cm³/mol. The number of nitrogens with zero attached hydrogens (tertiary/aromatic N) is 1. The van der Waals surface area contributed by atoms with Crippen LogP contribution in [0.5, 0.6) is 0 Å². The largest absolute Gasteiger partial charge is 0.285 e. The van der Waals surface area contributed by atoms with Crippen LogP contribution >= 0.6 is 0 Å². The van der Waals surface area contributed by atoms with Gasteiger partial charge in [0.1, 0.15) is 0 Å². The summed E-state index contributed by atoms with van der Waals surface area (Å²) in [5, 5.41) is 1.86. The monoisotopic (exact) mass is 232 g/mol. The van der Waals surface area contributed by atoms with Gasteiger partial charge in [0.15, 0.2) is 0 Å². The van der Waals surface area contributed by atoms with E-state index in [0.717, 1.165) is 18.7 Å². The number of carbonyl (C=O) groups excluding carboxylic acids is 1. The van der Waals surface area contributed by atoms with Gasteiger partial charge in [-0.1, -0.05) is 50.8 Å². The summed E-state index contributed by atoms with van der Waals surface area (Å²) in [4.78, 5) is 11.8. The Morgan fingerprint density at radius 1 is 1.24 bits per heavy atom. The number of hydrogen-bond donors (Lipinski definition) is 1. The van der Waals surface area contributed by atoms with E-state index in [1.165, 1.54) is 0 Å². The molecule has 0 aliphatic heterocycles. The molecule has 0 bridgehead atoms. The highest BCUT2D eigenvalue weighted by Crippen LogP contribution is 2.06. The van der Waals surface area contributed by atoms with Crippen molar-refractivity contribution in [2.24, 2.45) is 0 Å². The van der Waals surface area contributed by atoms with Crippen LogP contribution in [-0.4, -0.2) is 24.0 Å². The summed E-state index contributed by atoms with van der Waals surface area (Å²) in [6.07, 6.45) is 0.591. The Labute approximate surface area is 103 Å². The van der Waals surface area contributed by atoms with Crippen molar-refractivity contribution in [1.82, 2.24) is 10.4 Å². The van der Waals surface area contributed by atoms with Gasteiger partial charge >= 0.3 is 0 Å². The van der Waals surface area contributed by atoms with Gasteiger partial charge in [0, 0.05) is 25.1 Å². The standard InChI is InChI=1S/C14H20N2O/c1-4-16(5-2)15-14(17)12(3)11-13-9-7-6-8-10-13/h6-10H,3-5,11H2,1-2H3,(H,15,17). The van der Waals surface area contributed by atoms with E-state index in [4.69, 9.17) is 0 Å². The van der Waals surface area contributed by atoms with Crippen molar-refractivity contribution in [2.75, 3.05) is 13.1 Å². The van der Waals surface area contributed by atoms with Crippen molar-refractivity contribution in [3.05, 3.63) is 48.0 Å². The molecule has 0 spiro atoms. The SMILES string of the molecule is C=C(Cc1ccccc1)C(=O)NN(CC)CC. The number of hydrazine groups is 1. The fourth-order valence-electron chi connectivity index (χ4n) is 1.53. The van der Waals surface area contributed by atoms with E-state index >= 15 is 0 Å². The van der Waals surface area contributed by atoms with Gasteiger partial charge in [-0.15, -0.1) is 0 Å². The predicted octanol–water partition coefficient (Wildman–Crippen LogP) is 2.16. The summed E-state index contributed by atoms with van der Waals surface area (Å²) in [6.45, 7) is 9.43. The molecule has 0 atom stereocenters. The van der Waals surface area contributed by atoms with E-state index < -0.39 is 0 Å². The van der Waals surface area contributed by atoms with Gasteiger partial charge in [-0.3, -0.25) is 10.2 Å². The van der Waals surface area contributed by atoms with Gasteiger partial charge in [0.05, 0.1) is 0 Å². The Balaban J connectivity index is 2.50. The van der Waals surface area contributed by atoms with Crippen molar-refractivity contribution in [3.63, 3.8) is 0 Å². The average Bonchev–Trinajstić information content (AvgIpc) is 2.36. The van der Waals surface area contributed by atoms with Gasteiger partial charge in [0.25, 0.3) is 5.91 Å². The lowest BCUT2D eigenvalue weighted by Gasteiger charge is -2.19. The van der Waals surface area contributed by atoms with Crippen LogP contribution in [0.3, 0.4) is 0 Å². The lowest BCUT2D eigenvalue weighted by molar-refractivity contribution is -0.122. The topological polar surface area (TPSA) is 32.3 Å². The van der Waals surface area contributed by atoms with Gasteiger partial charge in [-0.2, -0.15) is 0 Å². The Hall–Kier alpha value is -1.61. The summed E-state index contributed by atoms with van der Waals surface area (Å²) in [5.74, 6) is -0.0995. The van der Waals surface area contributed by atoms with E-state index in [1.807, 2.05) is 49.2 Å². The second kappa shape index (κ2) is 6.86. The Kier molecular flexibility index (Phi) is 5.43. The van der Waals surface area contributed by atoms with Gasteiger partial charge in [0.2, 0.25) is 0 Å². The van der Waals surface area contributed by atoms with Crippen molar-refractivity contribution >= 4 is 5.91 Å². The van der Waals surface area contributed by atoms with Crippen LogP contribution in [0.2, 0.25) is 0 Å². The van der Waals surface area contributed by atoms with Crippen LogP contribution in [0, 0.1) is 0 Å². The highest BCUT2D eigenvalue weighted by Gasteiger charge is 2.09. The molecule has 1 N–H and O–H groups in total. The van der Waals surface area contributed by atoms with Crippen LogP contribution in [0.25, 0.3) is 0 Å². The molecule has 3 heteroatoms. The molecule has 0 heterocycles. The molecule has 0 aliphatic carbocycles. The smallest absolute Gasteiger partial charge is 0.261 e. The molecule has 92 valence electrons. The number of rotatable bonds is 6. The van der Waals surface area contributed by atoms with Crippen molar-refractivity contribution in [3.8, 4) is 0 Å². The van der Waals surface area contributed by atoms with E-state index in [1.54, 1.807) is 0 Å². The van der Waals surface area contributed by atoms with Gasteiger partial charge in [-0.05, 0) is 5.56 Å². The first-order valence-electron chi connectivity index (χ1n) is 5.95. The van der Waals surface area contributed by atoms with Crippen LogP contribution in [0.1, 0.15) is 19.4 Å². The first-order valence-corrected chi connectivity index (χ1v) is 5.95. The molecule has 0 unspecified atom stereocenters. The molecule has 1 rings (SSSR count). The molecule has 1 amide bonds. The molecule has 0 saturated heterocycles. The van der Waals surface area contributed by atoms with E-state index in [9.17, 15) is 4.79 Å². The molecule has 0 aliphatic rings. The van der Waals surface area contributed by atoms with Crippen molar-refractivity contribution in [1.29, 1.82) is 0 Å². The first-order chi connectivity index (χ1) is 8.17. The van der Waals surface area contributed by atoms with Crippen LogP contribution in [0.4, 0.5) is 0 Å². The van der Waals surface area contributed by atoms with Crippen LogP contribution in [-0.2, 0) is 11.2 Å². The zero-order valence-corrected chi connectivity index (χ0v) is 10.6. The van der Waals surface area contributed by atoms with Crippen LogP contribution in [0.15, 0.2) is 42.5 Å². The average molecular weight is 232 g/mol. The molecule has 3 nitrogen and oxygen atoms in total. The minimum absolute atomic E-state index is 0.0995. The second-order valence-corrected chi connectivity index (χ2v) is 3.88. The third-order valence-electron chi connectivity index (χ3n) is 2.60. The molecule has 17 heavy (non-hydrogen) atoms. The lowest BCUT2D eigenvalue weighted by atomic mass is 10.1. The minimum atomic E-state index is -0.0995. The van der Waals surface area contributed by atoms with Crippen LogP contribution < -0.4 is 5.43 Å². The maximum Gasteiger partial charge on any atom is 0.261 e. The molecule has 1 aromatic carbocycles. The van der Waals surface area contributed by atoms with Crippen molar-refractivity contribution < 1.29 is 4.79 Å². The number of nitrogens with one attached hydrogen (secondary N) is 1. The molecular formula is C14H20N2O. The highest BCUT2D eigenvalue weighted by atomic mass is 16.2. The first kappa shape index (κ1) is 13.5. The zero-order chi connectivity index (χ0) is 12.7. The number of hydrogen-bond acceptors (Lipinski definition) is 2. The van der Waals surface area contributed by atoms with Gasteiger partial charge in [-0.25, -0.2) is 5.01 Å². The summed E-state index contributed by atoms with van der Waals surface area (Å²) in [6, 6.07) is 9.88. The Bertz CT molecular complexity index is 369. The summed E-state index contributed by atoms with van der Waals surface area (Å²) in [7, 11) is 0. The van der Waals surface area contributed by atoms with E-state index in [2.05, 4.69) is 12.0 Å². The fourth-order valence-corrected chi connectivity index (χ4v) is 1.53. The Morgan fingerprint density at radius 3 is 2.35 bits per heavy atom. The fraction of sp³-hybridized carbons (Fsp3) is 0.357. The maximum absolute atomic E-state index is 11.8. The molecule has 0 saturated carbocycles. The molecule has 0 fully saturated rings.